The lowest BCUT2D eigenvalue weighted by Gasteiger charge is -2.21. The molecule has 2 rings (SSSR count). The van der Waals surface area contributed by atoms with Crippen LogP contribution in [0.4, 0.5) is 0 Å². The molecule has 0 saturated carbocycles. The van der Waals surface area contributed by atoms with Gasteiger partial charge in [-0.05, 0) is 40.7 Å². The summed E-state index contributed by atoms with van der Waals surface area (Å²) in [5.41, 5.74) is 6.52. The topological polar surface area (TPSA) is 58.6 Å². The molecule has 2 aromatic carbocycles. The number of hydroxylamine groups is 1. The molecule has 1 unspecified atom stereocenters. The second-order valence-electron chi connectivity index (χ2n) is 7.32. The molecule has 134 valence electrons. The lowest BCUT2D eigenvalue weighted by Crippen LogP contribution is -2.20. The van der Waals surface area contributed by atoms with Crippen molar-refractivity contribution in [1.29, 1.82) is 0 Å². The standard InChI is InChI=1S/C21H27NO3/c1-21(2,3)19-11-9-16(10-12-19)18(14-22-24)13-15-5-7-17(8-6-15)20(23)25-4/h5-12,18,22,24H,13-14H2,1-4H3. The average Bonchev–Trinajstić information content (AvgIpc) is 2.60. The number of hydrogen-bond donors (Lipinski definition) is 2. The number of esters is 1. The van der Waals surface area contributed by atoms with Gasteiger partial charge in [0.25, 0.3) is 0 Å². The van der Waals surface area contributed by atoms with Crippen molar-refractivity contribution in [2.45, 2.75) is 38.5 Å². The molecule has 0 aliphatic rings. The third kappa shape index (κ3) is 5.15. The van der Waals surface area contributed by atoms with Crippen LogP contribution in [0.2, 0.25) is 0 Å². The Morgan fingerprint density at radius 3 is 2.16 bits per heavy atom. The van der Waals surface area contributed by atoms with E-state index in [1.807, 2.05) is 12.1 Å². The lowest BCUT2D eigenvalue weighted by molar-refractivity contribution is 0.0600. The number of carbonyl (C=O) groups is 1. The maximum absolute atomic E-state index is 11.5. The summed E-state index contributed by atoms with van der Waals surface area (Å²) in [6.07, 6.45) is 0.768. The highest BCUT2D eigenvalue weighted by Gasteiger charge is 2.16. The fourth-order valence-electron chi connectivity index (χ4n) is 2.85. The van der Waals surface area contributed by atoms with E-state index in [0.29, 0.717) is 12.1 Å². The Bertz CT molecular complexity index is 685. The molecule has 4 nitrogen and oxygen atoms in total. The Balaban J connectivity index is 2.16. The van der Waals surface area contributed by atoms with Crippen molar-refractivity contribution in [3.05, 3.63) is 70.8 Å². The first-order valence-corrected chi connectivity index (χ1v) is 8.50. The quantitative estimate of drug-likeness (QED) is 0.614. The molecule has 25 heavy (non-hydrogen) atoms. The van der Waals surface area contributed by atoms with Crippen LogP contribution >= 0.6 is 0 Å². The lowest BCUT2D eigenvalue weighted by atomic mass is 9.84. The van der Waals surface area contributed by atoms with E-state index in [2.05, 4.69) is 50.5 Å². The Kier molecular flexibility index (Phi) is 6.34. The largest absolute Gasteiger partial charge is 0.465 e. The van der Waals surface area contributed by atoms with Crippen LogP contribution < -0.4 is 5.48 Å². The molecule has 2 N–H and O–H groups in total. The number of nitrogens with one attached hydrogen (secondary N) is 1. The molecule has 0 fully saturated rings. The van der Waals surface area contributed by atoms with Crippen LogP contribution in [0.25, 0.3) is 0 Å². The van der Waals surface area contributed by atoms with Gasteiger partial charge in [0.05, 0.1) is 12.7 Å². The van der Waals surface area contributed by atoms with Crippen molar-refractivity contribution < 1.29 is 14.7 Å². The van der Waals surface area contributed by atoms with E-state index in [0.717, 1.165) is 12.0 Å². The van der Waals surface area contributed by atoms with Gasteiger partial charge in [-0.1, -0.05) is 57.2 Å². The van der Waals surface area contributed by atoms with Gasteiger partial charge < -0.3 is 9.94 Å². The molecule has 0 saturated heterocycles. The van der Waals surface area contributed by atoms with Crippen LogP contribution in [0.1, 0.15) is 53.7 Å². The van der Waals surface area contributed by atoms with E-state index in [1.54, 1.807) is 12.1 Å². The van der Waals surface area contributed by atoms with E-state index >= 15 is 0 Å². The van der Waals surface area contributed by atoms with Gasteiger partial charge >= 0.3 is 5.97 Å². The van der Waals surface area contributed by atoms with Crippen molar-refractivity contribution in [2.24, 2.45) is 0 Å². The highest BCUT2D eigenvalue weighted by Crippen LogP contribution is 2.26. The van der Waals surface area contributed by atoms with Crippen molar-refractivity contribution in [3.63, 3.8) is 0 Å². The minimum Gasteiger partial charge on any atom is -0.465 e. The minimum absolute atomic E-state index is 0.118. The Morgan fingerprint density at radius 1 is 1.08 bits per heavy atom. The van der Waals surface area contributed by atoms with Gasteiger partial charge in [0, 0.05) is 12.5 Å². The molecule has 0 amide bonds. The van der Waals surface area contributed by atoms with Crippen LogP contribution in [-0.2, 0) is 16.6 Å². The van der Waals surface area contributed by atoms with E-state index in [1.165, 1.54) is 18.2 Å². The number of rotatable bonds is 6. The predicted octanol–water partition coefficient (Wildman–Crippen LogP) is 4.08. The number of carbonyl (C=O) groups excluding carboxylic acids is 1. The molecule has 4 heteroatoms. The van der Waals surface area contributed by atoms with Crippen LogP contribution in [0.3, 0.4) is 0 Å². The number of ether oxygens (including phenoxy) is 1. The van der Waals surface area contributed by atoms with Crippen molar-refractivity contribution in [2.75, 3.05) is 13.7 Å². The minimum atomic E-state index is -0.335. The highest BCUT2D eigenvalue weighted by atomic mass is 16.5. The molecule has 0 heterocycles. The summed E-state index contributed by atoms with van der Waals surface area (Å²) in [5, 5.41) is 9.20. The van der Waals surface area contributed by atoms with Crippen molar-refractivity contribution in [1.82, 2.24) is 5.48 Å². The van der Waals surface area contributed by atoms with E-state index < -0.39 is 0 Å². The molecule has 0 bridgehead atoms. The highest BCUT2D eigenvalue weighted by molar-refractivity contribution is 5.89. The third-order valence-electron chi connectivity index (χ3n) is 4.44. The van der Waals surface area contributed by atoms with Crippen LogP contribution in [-0.4, -0.2) is 24.8 Å². The zero-order chi connectivity index (χ0) is 18.4. The molecule has 0 aromatic heterocycles. The summed E-state index contributed by atoms with van der Waals surface area (Å²) in [6.45, 7) is 7.04. The normalized spacial score (nSPS) is 12.7. The van der Waals surface area contributed by atoms with Gasteiger partial charge in [-0.25, -0.2) is 10.3 Å². The molecular weight excluding hydrogens is 314 g/mol. The Labute approximate surface area is 149 Å². The SMILES string of the molecule is COC(=O)c1ccc(CC(CNO)c2ccc(C(C)(C)C)cc2)cc1. The second-order valence-corrected chi connectivity index (χ2v) is 7.32. The maximum atomic E-state index is 11.5. The summed E-state index contributed by atoms with van der Waals surface area (Å²) < 4.78 is 4.72. The fraction of sp³-hybridized carbons (Fsp3) is 0.381. The predicted molar refractivity (Wildman–Crippen MR) is 99.2 cm³/mol. The summed E-state index contributed by atoms with van der Waals surface area (Å²) >= 11 is 0. The second kappa shape index (κ2) is 8.28. The number of hydrogen-bond acceptors (Lipinski definition) is 4. The van der Waals surface area contributed by atoms with Gasteiger partial charge in [0.2, 0.25) is 0 Å². The summed E-state index contributed by atoms with van der Waals surface area (Å²) in [7, 11) is 1.38. The summed E-state index contributed by atoms with van der Waals surface area (Å²) in [4.78, 5) is 11.5. The van der Waals surface area contributed by atoms with Crippen LogP contribution in [0, 0.1) is 0 Å². The average molecular weight is 341 g/mol. The number of benzene rings is 2. The zero-order valence-corrected chi connectivity index (χ0v) is 15.4. The maximum Gasteiger partial charge on any atom is 0.337 e. The molecule has 1 atom stereocenters. The van der Waals surface area contributed by atoms with Crippen LogP contribution in [0.15, 0.2) is 48.5 Å². The Hall–Kier alpha value is -2.17. The summed E-state index contributed by atoms with van der Waals surface area (Å²) in [6, 6.07) is 16.0. The fourth-order valence-corrected chi connectivity index (χ4v) is 2.85. The van der Waals surface area contributed by atoms with E-state index in [-0.39, 0.29) is 17.3 Å². The molecule has 0 aliphatic carbocycles. The number of methoxy groups -OCH3 is 1. The van der Waals surface area contributed by atoms with Gasteiger partial charge in [-0.15, -0.1) is 0 Å². The molecule has 2 aromatic rings. The van der Waals surface area contributed by atoms with Crippen molar-refractivity contribution >= 4 is 5.97 Å². The smallest absolute Gasteiger partial charge is 0.337 e. The first-order valence-electron chi connectivity index (χ1n) is 8.50. The molecule has 0 aliphatic heterocycles. The van der Waals surface area contributed by atoms with E-state index in [9.17, 15) is 10.0 Å². The van der Waals surface area contributed by atoms with Gasteiger partial charge in [-0.2, -0.15) is 0 Å². The summed E-state index contributed by atoms with van der Waals surface area (Å²) in [5.74, 6) is -0.194. The zero-order valence-electron chi connectivity index (χ0n) is 15.4. The molecule has 0 spiro atoms. The van der Waals surface area contributed by atoms with Crippen LogP contribution in [0.5, 0.6) is 0 Å². The van der Waals surface area contributed by atoms with Gasteiger partial charge in [0.15, 0.2) is 0 Å². The third-order valence-corrected chi connectivity index (χ3v) is 4.44. The van der Waals surface area contributed by atoms with E-state index in [4.69, 9.17) is 4.74 Å². The van der Waals surface area contributed by atoms with Gasteiger partial charge in [0.1, 0.15) is 0 Å². The first-order chi connectivity index (χ1) is 11.8. The van der Waals surface area contributed by atoms with Crippen molar-refractivity contribution in [3.8, 4) is 0 Å². The first kappa shape index (κ1) is 19.2. The monoisotopic (exact) mass is 341 g/mol. The Morgan fingerprint density at radius 2 is 1.68 bits per heavy atom. The van der Waals surface area contributed by atoms with Gasteiger partial charge in [-0.3, -0.25) is 0 Å². The molecule has 0 radical (unpaired) electrons. The molecular formula is C21H27NO3.